The van der Waals surface area contributed by atoms with Crippen molar-refractivity contribution in [3.8, 4) is 17.9 Å². The molecule has 0 aromatic heterocycles. The lowest BCUT2D eigenvalue weighted by Crippen LogP contribution is -2.25. The highest BCUT2D eigenvalue weighted by Gasteiger charge is 2.23. The number of halogens is 2. The fraction of sp³-hybridized carbons (Fsp3) is 0.357. The maximum atomic E-state index is 13.7. The molecule has 1 aliphatic rings. The van der Waals surface area contributed by atoms with Gasteiger partial charge in [-0.1, -0.05) is 6.92 Å². The van der Waals surface area contributed by atoms with E-state index in [1.165, 1.54) is 6.07 Å². The van der Waals surface area contributed by atoms with Crippen LogP contribution in [0.3, 0.4) is 0 Å². The Kier molecular flexibility index (Phi) is 4.11. The molecule has 1 saturated heterocycles. The Morgan fingerprint density at radius 2 is 1.79 bits per heavy atom. The Morgan fingerprint density at radius 1 is 1.21 bits per heavy atom. The summed E-state index contributed by atoms with van der Waals surface area (Å²) in [7, 11) is 0. The predicted octanol–water partition coefficient (Wildman–Crippen LogP) is 2.52. The molecule has 0 spiro atoms. The van der Waals surface area contributed by atoms with E-state index >= 15 is 0 Å². The van der Waals surface area contributed by atoms with Gasteiger partial charge in [0.25, 0.3) is 0 Å². The molecule has 0 atom stereocenters. The molecule has 0 amide bonds. The lowest BCUT2D eigenvalue weighted by Gasteiger charge is -2.27. The van der Waals surface area contributed by atoms with E-state index in [1.807, 2.05) is 12.8 Å². The fourth-order valence-corrected chi connectivity index (χ4v) is 1.73. The van der Waals surface area contributed by atoms with Crippen LogP contribution in [0, 0.1) is 40.7 Å². The van der Waals surface area contributed by atoms with Crippen molar-refractivity contribution >= 4 is 0 Å². The van der Waals surface area contributed by atoms with Crippen molar-refractivity contribution in [3.63, 3.8) is 0 Å². The van der Waals surface area contributed by atoms with Gasteiger partial charge < -0.3 is 9.47 Å². The van der Waals surface area contributed by atoms with Crippen molar-refractivity contribution < 1.29 is 18.3 Å². The number of hydrogen-bond acceptors (Lipinski definition) is 3. The van der Waals surface area contributed by atoms with Crippen molar-refractivity contribution in [2.45, 2.75) is 13.2 Å². The summed E-state index contributed by atoms with van der Waals surface area (Å²) in [4.78, 5) is 0. The van der Waals surface area contributed by atoms with E-state index in [-0.39, 0.29) is 11.5 Å². The van der Waals surface area contributed by atoms with Crippen LogP contribution in [0.15, 0.2) is 12.1 Å². The van der Waals surface area contributed by atoms with E-state index in [0.29, 0.717) is 13.2 Å². The zero-order valence-electron chi connectivity index (χ0n) is 10.2. The van der Waals surface area contributed by atoms with Gasteiger partial charge in [0, 0.05) is 17.4 Å². The molecule has 5 heteroatoms. The number of hydrogen-bond donors (Lipinski definition) is 0. The second-order valence-electron chi connectivity index (χ2n) is 4.33. The lowest BCUT2D eigenvalue weighted by molar-refractivity contribution is -0.202. The van der Waals surface area contributed by atoms with Gasteiger partial charge in [-0.15, -0.1) is 0 Å². The molecule has 1 heterocycles. The highest BCUT2D eigenvalue weighted by Crippen LogP contribution is 2.27. The zero-order valence-corrected chi connectivity index (χ0v) is 10.2. The number of rotatable bonds is 1. The third-order valence-electron chi connectivity index (χ3n) is 2.64. The van der Waals surface area contributed by atoms with E-state index in [4.69, 9.17) is 14.7 Å². The monoisotopic (exact) mass is 263 g/mol. The minimum absolute atomic E-state index is 0.256. The van der Waals surface area contributed by atoms with Gasteiger partial charge in [-0.25, -0.2) is 8.78 Å². The molecule has 1 fully saturated rings. The second-order valence-corrected chi connectivity index (χ2v) is 4.33. The molecule has 0 radical (unpaired) electrons. The molecule has 19 heavy (non-hydrogen) atoms. The number of benzene rings is 1. The van der Waals surface area contributed by atoms with E-state index in [9.17, 15) is 8.78 Å². The van der Waals surface area contributed by atoms with Crippen LogP contribution in [0.25, 0.3) is 0 Å². The van der Waals surface area contributed by atoms with Gasteiger partial charge in [0.15, 0.2) is 12.4 Å². The van der Waals surface area contributed by atoms with Crippen LogP contribution < -0.4 is 0 Å². The highest BCUT2D eigenvalue weighted by atomic mass is 19.1. The van der Waals surface area contributed by atoms with E-state index < -0.39 is 23.5 Å². The summed E-state index contributed by atoms with van der Waals surface area (Å²) in [6.07, 6.45) is -0.766. The van der Waals surface area contributed by atoms with Gasteiger partial charge >= 0.3 is 0 Å². The standard InChI is InChI=1S/C14H11F2NO2/c1-9-7-18-14(19-8-9)10-5-12(15)11(3-2-4-17)13(16)6-10/h5-6,9,14H,7-8H2,1H3. The number of nitrogens with zero attached hydrogens (tertiary/aromatic N) is 1. The van der Waals surface area contributed by atoms with Crippen LogP contribution in [-0.2, 0) is 9.47 Å². The Balaban J connectivity index is 2.27. The molecule has 0 unspecified atom stereocenters. The Bertz CT molecular complexity index is 552. The largest absolute Gasteiger partial charge is 0.348 e. The van der Waals surface area contributed by atoms with Gasteiger partial charge in [-0.05, 0) is 18.1 Å². The number of ether oxygens (including phenoxy) is 2. The quantitative estimate of drug-likeness (QED) is 0.731. The first-order chi connectivity index (χ1) is 9.11. The molecule has 1 aliphatic heterocycles. The molecule has 1 aromatic rings. The SMILES string of the molecule is CC1COC(c2cc(F)c(C#CC#N)c(F)c2)OC1. The molecule has 0 aliphatic carbocycles. The van der Waals surface area contributed by atoms with Gasteiger partial charge in [0.05, 0.1) is 18.8 Å². The molecule has 0 bridgehead atoms. The summed E-state index contributed by atoms with van der Waals surface area (Å²) in [6, 6.07) is 3.74. The molecule has 0 saturated carbocycles. The minimum atomic E-state index is -0.830. The molecule has 98 valence electrons. The summed E-state index contributed by atoms with van der Waals surface area (Å²) < 4.78 is 38.1. The van der Waals surface area contributed by atoms with Crippen LogP contribution in [0.2, 0.25) is 0 Å². The fourth-order valence-electron chi connectivity index (χ4n) is 1.73. The van der Waals surface area contributed by atoms with Crippen LogP contribution in [0.4, 0.5) is 8.78 Å². The summed E-state index contributed by atoms with van der Waals surface area (Å²) in [5.41, 5.74) is -0.154. The van der Waals surface area contributed by atoms with Crippen LogP contribution in [0.5, 0.6) is 0 Å². The lowest BCUT2D eigenvalue weighted by atomic mass is 10.1. The van der Waals surface area contributed by atoms with Crippen LogP contribution >= 0.6 is 0 Å². The second kappa shape index (κ2) is 5.79. The minimum Gasteiger partial charge on any atom is -0.348 e. The number of nitriles is 1. The Labute approximate surface area is 109 Å². The van der Waals surface area contributed by atoms with Crippen molar-refractivity contribution in [3.05, 3.63) is 34.9 Å². The smallest absolute Gasteiger partial charge is 0.184 e. The maximum absolute atomic E-state index is 13.7. The molecular formula is C14H11F2NO2. The van der Waals surface area contributed by atoms with Crippen molar-refractivity contribution in [1.29, 1.82) is 5.26 Å². The van der Waals surface area contributed by atoms with Gasteiger partial charge in [-0.3, -0.25) is 0 Å². The summed E-state index contributed by atoms with van der Waals surface area (Å²) in [5.74, 6) is 2.69. The highest BCUT2D eigenvalue weighted by molar-refractivity contribution is 5.41. The zero-order chi connectivity index (χ0) is 13.8. The Hall–Kier alpha value is -1.95. The van der Waals surface area contributed by atoms with Crippen LogP contribution in [0.1, 0.15) is 24.3 Å². The molecule has 1 aromatic carbocycles. The summed E-state index contributed by atoms with van der Waals surface area (Å²) in [5, 5.41) is 8.28. The van der Waals surface area contributed by atoms with Gasteiger partial charge in [0.2, 0.25) is 0 Å². The van der Waals surface area contributed by atoms with Crippen molar-refractivity contribution in [2.24, 2.45) is 5.92 Å². The van der Waals surface area contributed by atoms with E-state index in [2.05, 4.69) is 5.92 Å². The molecule has 3 nitrogen and oxygen atoms in total. The van der Waals surface area contributed by atoms with E-state index in [1.54, 1.807) is 0 Å². The van der Waals surface area contributed by atoms with Gasteiger partial charge in [-0.2, -0.15) is 5.26 Å². The normalized spacial score (nSPS) is 22.2. The third kappa shape index (κ3) is 3.08. The molecule has 2 rings (SSSR count). The first-order valence-corrected chi connectivity index (χ1v) is 5.74. The van der Waals surface area contributed by atoms with Crippen LogP contribution in [-0.4, -0.2) is 13.2 Å². The predicted molar refractivity (Wildman–Crippen MR) is 62.7 cm³/mol. The first kappa shape index (κ1) is 13.5. The van der Waals surface area contributed by atoms with Crippen molar-refractivity contribution in [2.75, 3.05) is 13.2 Å². The average Bonchev–Trinajstić information content (AvgIpc) is 2.38. The molecule has 0 N–H and O–H groups in total. The topological polar surface area (TPSA) is 42.2 Å². The third-order valence-corrected chi connectivity index (χ3v) is 2.64. The van der Waals surface area contributed by atoms with Gasteiger partial charge in [0.1, 0.15) is 11.6 Å². The summed E-state index contributed by atoms with van der Waals surface area (Å²) in [6.45, 7) is 2.91. The Morgan fingerprint density at radius 3 is 2.32 bits per heavy atom. The maximum Gasteiger partial charge on any atom is 0.184 e. The summed E-state index contributed by atoms with van der Waals surface area (Å²) >= 11 is 0. The molecular weight excluding hydrogens is 252 g/mol. The average molecular weight is 263 g/mol. The van der Waals surface area contributed by atoms with E-state index in [0.717, 1.165) is 12.1 Å². The first-order valence-electron chi connectivity index (χ1n) is 5.74. The van der Waals surface area contributed by atoms with Crippen molar-refractivity contribution in [1.82, 2.24) is 0 Å².